The highest BCUT2D eigenvalue weighted by molar-refractivity contribution is 6.29. The monoisotopic (exact) mass is 351 g/mol. The molecule has 0 atom stereocenters. The zero-order valence-electron chi connectivity index (χ0n) is 14.0. The van der Waals surface area contributed by atoms with E-state index in [0.29, 0.717) is 5.15 Å². The quantitative estimate of drug-likeness (QED) is 0.676. The number of pyridine rings is 2. The third kappa shape index (κ3) is 3.52. The summed E-state index contributed by atoms with van der Waals surface area (Å²) < 4.78 is 0. The summed E-state index contributed by atoms with van der Waals surface area (Å²) in [4.78, 5) is 20.0. The second-order valence-electron chi connectivity index (χ2n) is 6.30. The normalized spacial score (nSPS) is 14.3. The van der Waals surface area contributed by atoms with Gasteiger partial charge in [0.2, 0.25) is 0 Å². The van der Waals surface area contributed by atoms with Crippen LogP contribution >= 0.6 is 11.6 Å². The zero-order valence-corrected chi connectivity index (χ0v) is 14.7. The number of hydrogen-bond donors (Lipinski definition) is 0. The summed E-state index contributed by atoms with van der Waals surface area (Å²) in [6, 6.07) is 5.81. The standard InChI is InChI=1S/C19H18ClN5/c1-13-7-18(20)22-9-15(13)11-25-6-4-17-16(12-25)10-23-19(24-17)14-3-2-5-21-8-14/h2-3,5,7-10H,4,6,11-12H2,1H3. The van der Waals surface area contributed by atoms with Crippen LogP contribution in [0.5, 0.6) is 0 Å². The molecule has 126 valence electrons. The van der Waals surface area contributed by atoms with Gasteiger partial charge in [-0.2, -0.15) is 0 Å². The van der Waals surface area contributed by atoms with Crippen LogP contribution in [-0.4, -0.2) is 31.4 Å². The van der Waals surface area contributed by atoms with Gasteiger partial charge in [-0.05, 0) is 36.2 Å². The van der Waals surface area contributed by atoms with Crippen LogP contribution in [0.2, 0.25) is 5.15 Å². The summed E-state index contributed by atoms with van der Waals surface area (Å²) in [6.45, 7) is 4.76. The van der Waals surface area contributed by atoms with E-state index in [4.69, 9.17) is 16.6 Å². The van der Waals surface area contributed by atoms with Gasteiger partial charge in [-0.25, -0.2) is 15.0 Å². The minimum absolute atomic E-state index is 0.543. The van der Waals surface area contributed by atoms with E-state index in [9.17, 15) is 0 Å². The molecular formula is C19H18ClN5. The van der Waals surface area contributed by atoms with Gasteiger partial charge in [-0.15, -0.1) is 0 Å². The molecule has 0 fully saturated rings. The van der Waals surface area contributed by atoms with Crippen LogP contribution in [0.3, 0.4) is 0 Å². The molecular weight excluding hydrogens is 334 g/mol. The highest BCUT2D eigenvalue weighted by Gasteiger charge is 2.19. The summed E-state index contributed by atoms with van der Waals surface area (Å²) in [5.74, 6) is 0.748. The molecule has 1 aliphatic heterocycles. The minimum Gasteiger partial charge on any atom is -0.294 e. The Balaban J connectivity index is 1.52. The fourth-order valence-corrected chi connectivity index (χ4v) is 3.31. The summed E-state index contributed by atoms with van der Waals surface area (Å²) in [7, 11) is 0. The maximum atomic E-state index is 5.95. The fraction of sp³-hybridized carbons (Fsp3) is 0.263. The maximum Gasteiger partial charge on any atom is 0.160 e. The van der Waals surface area contributed by atoms with Crippen LogP contribution in [0.25, 0.3) is 11.4 Å². The van der Waals surface area contributed by atoms with Gasteiger partial charge in [0.1, 0.15) is 5.15 Å². The smallest absolute Gasteiger partial charge is 0.160 e. The number of nitrogens with zero attached hydrogens (tertiary/aromatic N) is 5. The Hall–Kier alpha value is -2.37. The van der Waals surface area contributed by atoms with E-state index in [1.165, 1.54) is 16.7 Å². The van der Waals surface area contributed by atoms with Crippen molar-refractivity contribution < 1.29 is 0 Å². The van der Waals surface area contributed by atoms with Crippen LogP contribution in [0.4, 0.5) is 0 Å². The molecule has 0 unspecified atom stereocenters. The molecule has 0 aromatic carbocycles. The SMILES string of the molecule is Cc1cc(Cl)ncc1CN1CCc2nc(-c3cccnc3)ncc2C1. The van der Waals surface area contributed by atoms with Crippen molar-refractivity contribution >= 4 is 11.6 Å². The van der Waals surface area contributed by atoms with Gasteiger partial charge in [0.25, 0.3) is 0 Å². The summed E-state index contributed by atoms with van der Waals surface area (Å²) in [5.41, 5.74) is 5.67. The first-order chi connectivity index (χ1) is 12.2. The predicted octanol–water partition coefficient (Wildman–Crippen LogP) is 3.45. The lowest BCUT2D eigenvalue weighted by Gasteiger charge is -2.28. The molecule has 4 rings (SSSR count). The molecule has 0 bridgehead atoms. The number of rotatable bonds is 3. The van der Waals surface area contributed by atoms with E-state index in [0.717, 1.165) is 43.1 Å². The summed E-state index contributed by atoms with van der Waals surface area (Å²) in [5, 5.41) is 0.543. The van der Waals surface area contributed by atoms with E-state index < -0.39 is 0 Å². The first-order valence-electron chi connectivity index (χ1n) is 8.27. The van der Waals surface area contributed by atoms with E-state index in [1.54, 1.807) is 12.4 Å². The second kappa shape index (κ2) is 6.86. The van der Waals surface area contributed by atoms with E-state index in [-0.39, 0.29) is 0 Å². The number of aryl methyl sites for hydroxylation is 1. The Bertz CT molecular complexity index is 898. The van der Waals surface area contributed by atoms with Crippen LogP contribution in [0, 0.1) is 6.92 Å². The van der Waals surface area contributed by atoms with E-state index in [1.807, 2.05) is 30.6 Å². The average molecular weight is 352 g/mol. The van der Waals surface area contributed by atoms with Crippen LogP contribution in [0.1, 0.15) is 22.4 Å². The van der Waals surface area contributed by atoms with Crippen molar-refractivity contribution in [2.24, 2.45) is 0 Å². The Morgan fingerprint density at radius 2 is 2.12 bits per heavy atom. The summed E-state index contributed by atoms with van der Waals surface area (Å²) >= 11 is 5.95. The fourth-order valence-electron chi connectivity index (χ4n) is 3.10. The third-order valence-corrected chi connectivity index (χ3v) is 4.72. The molecule has 0 saturated carbocycles. The van der Waals surface area contributed by atoms with Crippen molar-refractivity contribution in [3.8, 4) is 11.4 Å². The molecule has 1 aliphatic rings. The molecule has 25 heavy (non-hydrogen) atoms. The van der Waals surface area contributed by atoms with Gasteiger partial charge >= 0.3 is 0 Å². The Kier molecular flexibility index (Phi) is 4.42. The first kappa shape index (κ1) is 16.1. The molecule has 3 aromatic rings. The highest BCUT2D eigenvalue weighted by atomic mass is 35.5. The number of aromatic nitrogens is 4. The van der Waals surface area contributed by atoms with Crippen molar-refractivity contribution in [1.29, 1.82) is 0 Å². The van der Waals surface area contributed by atoms with Crippen molar-refractivity contribution in [2.75, 3.05) is 6.54 Å². The van der Waals surface area contributed by atoms with Gasteiger partial charge in [0, 0.05) is 62.0 Å². The molecule has 6 heteroatoms. The zero-order chi connectivity index (χ0) is 17.2. The first-order valence-corrected chi connectivity index (χ1v) is 8.65. The molecule has 5 nitrogen and oxygen atoms in total. The van der Waals surface area contributed by atoms with Gasteiger partial charge in [-0.3, -0.25) is 9.88 Å². The number of halogens is 1. The minimum atomic E-state index is 0.543. The highest BCUT2D eigenvalue weighted by Crippen LogP contribution is 2.22. The van der Waals surface area contributed by atoms with Crippen LogP contribution in [-0.2, 0) is 19.5 Å². The van der Waals surface area contributed by atoms with Crippen molar-refractivity contribution in [3.63, 3.8) is 0 Å². The lowest BCUT2D eigenvalue weighted by atomic mass is 10.1. The second-order valence-corrected chi connectivity index (χ2v) is 6.69. The maximum absolute atomic E-state index is 5.95. The van der Waals surface area contributed by atoms with Crippen LogP contribution < -0.4 is 0 Å². The molecule has 0 radical (unpaired) electrons. The Morgan fingerprint density at radius 1 is 1.20 bits per heavy atom. The van der Waals surface area contributed by atoms with E-state index >= 15 is 0 Å². The predicted molar refractivity (Wildman–Crippen MR) is 97.1 cm³/mol. The molecule has 4 heterocycles. The number of fused-ring (bicyclic) bond motifs is 1. The molecule has 0 saturated heterocycles. The lowest BCUT2D eigenvalue weighted by Crippen LogP contribution is -2.31. The molecule has 0 N–H and O–H groups in total. The van der Waals surface area contributed by atoms with E-state index in [2.05, 4.69) is 26.8 Å². The Morgan fingerprint density at radius 3 is 2.92 bits per heavy atom. The van der Waals surface area contributed by atoms with Gasteiger partial charge in [-0.1, -0.05) is 11.6 Å². The van der Waals surface area contributed by atoms with Crippen molar-refractivity contribution in [3.05, 3.63) is 70.5 Å². The average Bonchev–Trinajstić information content (AvgIpc) is 2.64. The van der Waals surface area contributed by atoms with Gasteiger partial charge in [0.15, 0.2) is 5.82 Å². The van der Waals surface area contributed by atoms with Crippen molar-refractivity contribution in [1.82, 2.24) is 24.8 Å². The number of hydrogen-bond acceptors (Lipinski definition) is 5. The van der Waals surface area contributed by atoms with Crippen molar-refractivity contribution in [2.45, 2.75) is 26.4 Å². The molecule has 0 spiro atoms. The topological polar surface area (TPSA) is 54.8 Å². The molecule has 3 aromatic heterocycles. The van der Waals surface area contributed by atoms with Gasteiger partial charge < -0.3 is 0 Å². The third-order valence-electron chi connectivity index (χ3n) is 4.51. The Labute approximate surface area is 151 Å². The molecule has 0 aliphatic carbocycles. The van der Waals surface area contributed by atoms with Crippen LogP contribution in [0.15, 0.2) is 43.0 Å². The lowest BCUT2D eigenvalue weighted by molar-refractivity contribution is 0.242. The largest absolute Gasteiger partial charge is 0.294 e. The van der Waals surface area contributed by atoms with Gasteiger partial charge in [0.05, 0.1) is 5.69 Å². The molecule has 0 amide bonds. The summed E-state index contributed by atoms with van der Waals surface area (Å²) in [6.07, 6.45) is 8.30.